The lowest BCUT2D eigenvalue weighted by atomic mass is 9.97. The molecule has 3 N–H and O–H groups in total. The number of aryl methyl sites for hydroxylation is 1. The Labute approximate surface area is 125 Å². The molecule has 1 saturated carbocycles. The molecule has 21 heavy (non-hydrogen) atoms. The Kier molecular flexibility index (Phi) is 4.72. The van der Waals surface area contributed by atoms with E-state index in [9.17, 15) is 13.5 Å². The molecule has 0 radical (unpaired) electrons. The Morgan fingerprint density at radius 3 is 2.52 bits per heavy atom. The molecule has 8 heteroatoms. The van der Waals surface area contributed by atoms with Crippen molar-refractivity contribution in [1.82, 2.24) is 19.8 Å². The number of aliphatic hydroxyl groups excluding tert-OH is 1. The summed E-state index contributed by atoms with van der Waals surface area (Å²) in [5, 5.41) is 15.6. The minimum atomic E-state index is -3.72. The second kappa shape index (κ2) is 6.04. The molecular weight excluding hydrogens is 292 g/mol. The summed E-state index contributed by atoms with van der Waals surface area (Å²) in [6.07, 6.45) is 4.19. The summed E-state index contributed by atoms with van der Waals surface area (Å²) in [4.78, 5) is 2.10. The van der Waals surface area contributed by atoms with Crippen LogP contribution < -0.4 is 4.72 Å². The summed E-state index contributed by atoms with van der Waals surface area (Å²) in [6.45, 7) is 1.70. The molecule has 0 spiro atoms. The molecule has 1 aliphatic carbocycles. The average molecular weight is 316 g/mol. The quantitative estimate of drug-likeness (QED) is 0.704. The predicted octanol–water partition coefficient (Wildman–Crippen LogP) is 0.363. The van der Waals surface area contributed by atoms with Crippen LogP contribution in [0.1, 0.15) is 36.9 Å². The number of H-pyrrole nitrogens is 1. The van der Waals surface area contributed by atoms with Gasteiger partial charge in [0.15, 0.2) is 5.03 Å². The van der Waals surface area contributed by atoms with Crippen molar-refractivity contribution in [2.45, 2.75) is 49.8 Å². The van der Waals surface area contributed by atoms with Gasteiger partial charge in [-0.05, 0) is 33.9 Å². The summed E-state index contributed by atoms with van der Waals surface area (Å²) < 4.78 is 27.5. The number of hydrogen-bond donors (Lipinski definition) is 3. The maximum atomic E-state index is 12.4. The zero-order valence-electron chi connectivity index (χ0n) is 12.8. The Bertz CT molecular complexity index is 589. The number of sulfonamides is 1. The molecule has 0 aliphatic heterocycles. The van der Waals surface area contributed by atoms with Crippen LogP contribution in [0.25, 0.3) is 0 Å². The van der Waals surface area contributed by atoms with Gasteiger partial charge in [-0.15, -0.1) is 0 Å². The molecule has 0 saturated heterocycles. The second-order valence-electron chi connectivity index (χ2n) is 5.94. The zero-order valence-corrected chi connectivity index (χ0v) is 13.6. The standard InChI is InChI=1S/C13H24N4O3S/c1-10-11(8-18)12(16-15-10)21(19,20)14-9-13(17(2)3)6-4-5-7-13/h14,18H,4-9H2,1-3H3,(H,15,16). The fourth-order valence-electron chi connectivity index (χ4n) is 2.95. The first-order valence-corrected chi connectivity index (χ1v) is 8.62. The second-order valence-corrected chi connectivity index (χ2v) is 7.62. The number of nitrogens with one attached hydrogen (secondary N) is 2. The van der Waals surface area contributed by atoms with Crippen molar-refractivity contribution in [1.29, 1.82) is 0 Å². The van der Waals surface area contributed by atoms with Crippen LogP contribution in [0.3, 0.4) is 0 Å². The van der Waals surface area contributed by atoms with Crippen molar-refractivity contribution in [3.05, 3.63) is 11.3 Å². The van der Waals surface area contributed by atoms with Gasteiger partial charge >= 0.3 is 0 Å². The molecule has 1 aromatic rings. The van der Waals surface area contributed by atoms with Crippen molar-refractivity contribution >= 4 is 10.0 Å². The number of rotatable bonds is 6. The highest BCUT2D eigenvalue weighted by Gasteiger charge is 2.37. The predicted molar refractivity (Wildman–Crippen MR) is 79.3 cm³/mol. The van der Waals surface area contributed by atoms with Crippen molar-refractivity contribution < 1.29 is 13.5 Å². The highest BCUT2D eigenvalue weighted by atomic mass is 32.2. The van der Waals surface area contributed by atoms with Crippen LogP contribution in [0.4, 0.5) is 0 Å². The van der Waals surface area contributed by atoms with Crippen molar-refractivity contribution in [3.8, 4) is 0 Å². The van der Waals surface area contributed by atoms with E-state index in [0.717, 1.165) is 25.7 Å². The van der Waals surface area contributed by atoms with Gasteiger partial charge in [0.2, 0.25) is 0 Å². The van der Waals surface area contributed by atoms with Gasteiger partial charge in [-0.3, -0.25) is 5.10 Å². The molecule has 7 nitrogen and oxygen atoms in total. The molecule has 2 rings (SSSR count). The third-order valence-electron chi connectivity index (χ3n) is 4.52. The molecule has 0 aromatic carbocycles. The van der Waals surface area contributed by atoms with Crippen LogP contribution in [0.2, 0.25) is 0 Å². The molecule has 1 fully saturated rings. The summed E-state index contributed by atoms with van der Waals surface area (Å²) in [5.41, 5.74) is 0.770. The van der Waals surface area contributed by atoms with E-state index in [1.165, 1.54) is 0 Å². The van der Waals surface area contributed by atoms with Gasteiger partial charge in [0.05, 0.1) is 6.61 Å². The van der Waals surface area contributed by atoms with Gasteiger partial charge in [0.25, 0.3) is 10.0 Å². The maximum absolute atomic E-state index is 12.4. The minimum absolute atomic E-state index is 0.102. The Balaban J connectivity index is 2.18. The molecule has 1 aromatic heterocycles. The monoisotopic (exact) mass is 316 g/mol. The van der Waals surface area contributed by atoms with E-state index in [-0.39, 0.29) is 17.2 Å². The molecule has 0 amide bonds. The van der Waals surface area contributed by atoms with E-state index in [2.05, 4.69) is 19.8 Å². The van der Waals surface area contributed by atoms with E-state index in [1.807, 2.05) is 14.1 Å². The fraction of sp³-hybridized carbons (Fsp3) is 0.769. The van der Waals surface area contributed by atoms with Gasteiger partial charge in [-0.25, -0.2) is 13.1 Å². The summed E-state index contributed by atoms with van der Waals surface area (Å²) in [7, 11) is 0.247. The third-order valence-corrected chi connectivity index (χ3v) is 5.89. The van der Waals surface area contributed by atoms with Crippen LogP contribution in [0.5, 0.6) is 0 Å². The molecule has 120 valence electrons. The average Bonchev–Trinajstić information content (AvgIpc) is 3.04. The summed E-state index contributed by atoms with van der Waals surface area (Å²) in [6, 6.07) is 0. The molecule has 0 bridgehead atoms. The molecule has 1 aliphatic rings. The van der Waals surface area contributed by atoms with E-state index >= 15 is 0 Å². The first kappa shape index (κ1) is 16.4. The van der Waals surface area contributed by atoms with Crippen molar-refractivity contribution in [3.63, 3.8) is 0 Å². The minimum Gasteiger partial charge on any atom is -0.392 e. The highest BCUT2D eigenvalue weighted by molar-refractivity contribution is 7.89. The number of hydrogen-bond acceptors (Lipinski definition) is 5. The fourth-order valence-corrected chi connectivity index (χ4v) is 4.25. The Morgan fingerprint density at radius 2 is 2.00 bits per heavy atom. The van der Waals surface area contributed by atoms with Crippen LogP contribution >= 0.6 is 0 Å². The molecular formula is C13H24N4O3S. The lowest BCUT2D eigenvalue weighted by Gasteiger charge is -2.36. The van der Waals surface area contributed by atoms with Crippen LogP contribution in [0, 0.1) is 6.92 Å². The SMILES string of the molecule is Cc1[nH]nc(S(=O)(=O)NCC2(N(C)C)CCCC2)c1CO. The van der Waals surface area contributed by atoms with Crippen LogP contribution in [-0.4, -0.2) is 54.8 Å². The van der Waals surface area contributed by atoms with Gasteiger partial charge in [-0.1, -0.05) is 12.8 Å². The van der Waals surface area contributed by atoms with Gasteiger partial charge in [0.1, 0.15) is 0 Å². The highest BCUT2D eigenvalue weighted by Crippen LogP contribution is 2.33. The van der Waals surface area contributed by atoms with Gasteiger partial charge in [0, 0.05) is 23.3 Å². The van der Waals surface area contributed by atoms with E-state index < -0.39 is 10.0 Å². The van der Waals surface area contributed by atoms with E-state index in [4.69, 9.17) is 0 Å². The number of aromatic nitrogens is 2. The topological polar surface area (TPSA) is 98.3 Å². The maximum Gasteiger partial charge on any atom is 0.260 e. The number of likely N-dealkylation sites (N-methyl/N-ethyl adjacent to an activating group) is 1. The first-order chi connectivity index (χ1) is 9.82. The largest absolute Gasteiger partial charge is 0.392 e. The normalized spacial score (nSPS) is 18.5. The Hall–Kier alpha value is -0.960. The zero-order chi connectivity index (χ0) is 15.7. The van der Waals surface area contributed by atoms with Crippen molar-refractivity contribution in [2.24, 2.45) is 0 Å². The lowest BCUT2D eigenvalue weighted by Crippen LogP contribution is -2.50. The summed E-state index contributed by atoms with van der Waals surface area (Å²) >= 11 is 0. The van der Waals surface area contributed by atoms with Crippen molar-refractivity contribution in [2.75, 3.05) is 20.6 Å². The number of aliphatic hydroxyl groups is 1. The van der Waals surface area contributed by atoms with Gasteiger partial charge in [-0.2, -0.15) is 5.10 Å². The molecule has 1 heterocycles. The number of aromatic amines is 1. The van der Waals surface area contributed by atoms with E-state index in [0.29, 0.717) is 17.8 Å². The van der Waals surface area contributed by atoms with Crippen LogP contribution in [-0.2, 0) is 16.6 Å². The van der Waals surface area contributed by atoms with Crippen LogP contribution in [0.15, 0.2) is 5.03 Å². The Morgan fingerprint density at radius 1 is 1.38 bits per heavy atom. The smallest absolute Gasteiger partial charge is 0.260 e. The lowest BCUT2D eigenvalue weighted by molar-refractivity contribution is 0.162. The third kappa shape index (κ3) is 3.13. The summed E-state index contributed by atoms with van der Waals surface area (Å²) in [5.74, 6) is 0. The van der Waals surface area contributed by atoms with Gasteiger partial charge < -0.3 is 10.0 Å². The first-order valence-electron chi connectivity index (χ1n) is 7.14. The van der Waals surface area contributed by atoms with E-state index in [1.54, 1.807) is 6.92 Å². The number of nitrogens with zero attached hydrogens (tertiary/aromatic N) is 2. The molecule has 0 atom stereocenters. The molecule has 0 unspecified atom stereocenters.